The van der Waals surface area contributed by atoms with Gasteiger partial charge in [0, 0.05) is 35.8 Å². The van der Waals surface area contributed by atoms with Gasteiger partial charge in [0.05, 0.1) is 19.8 Å². The lowest BCUT2D eigenvalue weighted by Crippen LogP contribution is -2.16. The van der Waals surface area contributed by atoms with Gasteiger partial charge in [-0.25, -0.2) is 14.0 Å². The summed E-state index contributed by atoms with van der Waals surface area (Å²) in [4.78, 5) is 24.4. The molecule has 5 aromatic rings. The second kappa shape index (κ2) is 25.8. The number of hydrogen-bond acceptors (Lipinski definition) is 7. The molecule has 0 radical (unpaired) electrons. The highest BCUT2D eigenvalue weighted by Crippen LogP contribution is 2.38. The van der Waals surface area contributed by atoms with Crippen molar-refractivity contribution in [3.8, 4) is 50.3 Å². The maximum atomic E-state index is 16.0. The Morgan fingerprint density at radius 3 is 1.55 bits per heavy atom. The van der Waals surface area contributed by atoms with Gasteiger partial charge in [0.25, 0.3) is 0 Å². The SMILES string of the molecule is C=C(C)C(=O)OCCCc1cc(-c2ccc(-c3ccc(-c4ccc(-c5ccc(CCCCC)cc5)cc4F)c(CC)c3)cc2CC)cc(CCCOC(=O)C(=C)C)c1OCCC(CO)CO. The van der Waals surface area contributed by atoms with Crippen LogP contribution in [0.2, 0.25) is 0 Å². The molecule has 350 valence electrons. The quantitative estimate of drug-likeness (QED) is 0.0324. The van der Waals surface area contributed by atoms with Crippen LogP contribution in [0.3, 0.4) is 0 Å². The maximum absolute atomic E-state index is 16.0. The molecule has 5 rings (SSSR count). The fourth-order valence-corrected chi connectivity index (χ4v) is 8.17. The van der Waals surface area contributed by atoms with Crippen molar-refractivity contribution in [3.05, 3.63) is 149 Å². The first kappa shape index (κ1) is 51.2. The Labute approximate surface area is 392 Å². The van der Waals surface area contributed by atoms with Crippen molar-refractivity contribution in [1.82, 2.24) is 0 Å². The normalized spacial score (nSPS) is 11.2. The lowest BCUT2D eigenvalue weighted by Gasteiger charge is -2.21. The largest absolute Gasteiger partial charge is 0.493 e. The molecule has 8 heteroatoms. The molecule has 0 aliphatic carbocycles. The van der Waals surface area contributed by atoms with Crippen LogP contribution in [0.25, 0.3) is 44.5 Å². The Bertz CT molecular complexity index is 2370. The summed E-state index contributed by atoms with van der Waals surface area (Å²) in [6.07, 6.45) is 8.80. The highest BCUT2D eigenvalue weighted by Gasteiger charge is 2.19. The molecule has 0 bridgehead atoms. The molecule has 2 N–H and O–H groups in total. The molecule has 0 atom stereocenters. The van der Waals surface area contributed by atoms with E-state index in [1.807, 2.05) is 18.2 Å². The standard InChI is InChI=1S/C58H69FO7/c1-8-11-12-15-41-18-20-45(21-19-41)48-24-27-54(55(59)36-48)53-26-23-47(33-44(53)10-3)46-22-25-52(43(9-2)32-46)51-34-49(16-13-29-65-57(62)39(4)5)56(64-31-28-42(37-60)38-61)50(35-51)17-14-30-66-58(63)40(6)7/h18-27,32-36,42,60-61H,4,6,8-17,28-31,37-38H2,1-3,5,7H3. The van der Waals surface area contributed by atoms with Crippen molar-refractivity contribution >= 4 is 11.9 Å². The van der Waals surface area contributed by atoms with Crippen molar-refractivity contribution in [1.29, 1.82) is 0 Å². The third-order valence-electron chi connectivity index (χ3n) is 12.1. The van der Waals surface area contributed by atoms with Gasteiger partial charge in [-0.1, -0.05) is 120 Å². The maximum Gasteiger partial charge on any atom is 0.333 e. The monoisotopic (exact) mass is 897 g/mol. The lowest BCUT2D eigenvalue weighted by atomic mass is 9.88. The zero-order chi connectivity index (χ0) is 47.6. The molecule has 0 aliphatic rings. The second-order valence-corrected chi connectivity index (χ2v) is 17.3. The lowest BCUT2D eigenvalue weighted by molar-refractivity contribution is -0.139. The number of unbranched alkanes of at least 4 members (excludes halogenated alkanes) is 2. The van der Waals surface area contributed by atoms with Gasteiger partial charge in [0.15, 0.2) is 0 Å². The highest BCUT2D eigenvalue weighted by atomic mass is 19.1. The van der Waals surface area contributed by atoms with E-state index in [2.05, 4.69) is 101 Å². The minimum atomic E-state index is -0.437. The summed E-state index contributed by atoms with van der Waals surface area (Å²) < 4.78 is 33.4. The molecule has 0 amide bonds. The molecule has 0 unspecified atom stereocenters. The van der Waals surface area contributed by atoms with Crippen molar-refractivity contribution in [2.45, 2.75) is 105 Å². The van der Waals surface area contributed by atoms with Gasteiger partial charge >= 0.3 is 11.9 Å². The Kier molecular flexibility index (Phi) is 20.0. The van der Waals surface area contributed by atoms with Crippen LogP contribution in [0, 0.1) is 11.7 Å². The number of rotatable bonds is 26. The second-order valence-electron chi connectivity index (χ2n) is 17.3. The Hall–Kier alpha value is -5.83. The number of hydrogen-bond donors (Lipinski definition) is 2. The Balaban J connectivity index is 1.47. The van der Waals surface area contributed by atoms with Crippen LogP contribution in [-0.4, -0.2) is 55.2 Å². The van der Waals surface area contributed by atoms with Gasteiger partial charge in [-0.15, -0.1) is 0 Å². The van der Waals surface area contributed by atoms with E-state index in [9.17, 15) is 19.8 Å². The molecule has 0 fully saturated rings. The fourth-order valence-electron chi connectivity index (χ4n) is 8.17. The van der Waals surface area contributed by atoms with Crippen molar-refractivity contribution < 1.29 is 38.4 Å². The van der Waals surface area contributed by atoms with E-state index in [-0.39, 0.29) is 44.8 Å². The molecule has 0 aliphatic heterocycles. The van der Waals surface area contributed by atoms with Gasteiger partial charge in [0.2, 0.25) is 0 Å². The minimum absolute atomic E-state index is 0.151. The predicted molar refractivity (Wildman–Crippen MR) is 266 cm³/mol. The molecule has 5 aromatic carbocycles. The summed E-state index contributed by atoms with van der Waals surface area (Å²) in [6, 6.07) is 31.2. The summed E-state index contributed by atoms with van der Waals surface area (Å²) in [5, 5.41) is 19.5. The summed E-state index contributed by atoms with van der Waals surface area (Å²) in [5.74, 6) is -0.724. The van der Waals surface area contributed by atoms with E-state index in [1.165, 1.54) is 24.8 Å². The molecular formula is C58H69FO7. The number of halogens is 1. The first-order valence-electron chi connectivity index (χ1n) is 23.7. The molecule has 0 saturated carbocycles. The molecule has 7 nitrogen and oxygen atoms in total. The third-order valence-corrected chi connectivity index (χ3v) is 12.1. The highest BCUT2D eigenvalue weighted by molar-refractivity contribution is 5.87. The van der Waals surface area contributed by atoms with Crippen LogP contribution >= 0.6 is 0 Å². The Morgan fingerprint density at radius 2 is 1.05 bits per heavy atom. The number of aryl methyl sites for hydroxylation is 5. The van der Waals surface area contributed by atoms with E-state index in [0.29, 0.717) is 54.6 Å². The van der Waals surface area contributed by atoms with Gasteiger partial charge in [-0.3, -0.25) is 0 Å². The van der Waals surface area contributed by atoms with Crippen LogP contribution in [-0.2, 0) is 51.2 Å². The Morgan fingerprint density at radius 1 is 0.561 bits per heavy atom. The van der Waals surface area contributed by atoms with Gasteiger partial charge < -0.3 is 24.4 Å². The number of esters is 2. The number of carbonyl (C=O) groups excluding carboxylic acids is 2. The third kappa shape index (κ3) is 14.1. The van der Waals surface area contributed by atoms with E-state index in [0.717, 1.165) is 80.5 Å². The molecule has 0 spiro atoms. The van der Waals surface area contributed by atoms with Gasteiger partial charge in [-0.05, 0) is 157 Å². The van der Waals surface area contributed by atoms with Crippen LogP contribution in [0.1, 0.15) is 101 Å². The fraction of sp³-hybridized carbons (Fsp3) is 0.379. The first-order valence-corrected chi connectivity index (χ1v) is 23.7. The van der Waals surface area contributed by atoms with E-state index < -0.39 is 11.9 Å². The summed E-state index contributed by atoms with van der Waals surface area (Å²) in [6.45, 7) is 17.5. The van der Waals surface area contributed by atoms with E-state index in [4.69, 9.17) is 14.2 Å². The van der Waals surface area contributed by atoms with Crippen molar-refractivity contribution in [2.75, 3.05) is 33.0 Å². The first-order chi connectivity index (χ1) is 31.9. The molecule has 0 saturated heterocycles. The molecule has 0 heterocycles. The predicted octanol–water partition coefficient (Wildman–Crippen LogP) is 12.8. The number of aliphatic hydroxyl groups excluding tert-OH is 2. The molecule has 66 heavy (non-hydrogen) atoms. The van der Waals surface area contributed by atoms with Crippen LogP contribution in [0.5, 0.6) is 5.75 Å². The van der Waals surface area contributed by atoms with Crippen LogP contribution < -0.4 is 4.74 Å². The zero-order valence-corrected chi connectivity index (χ0v) is 39.8. The van der Waals surface area contributed by atoms with Crippen molar-refractivity contribution in [3.63, 3.8) is 0 Å². The van der Waals surface area contributed by atoms with E-state index >= 15 is 4.39 Å². The molecular weight excluding hydrogens is 828 g/mol. The number of benzene rings is 5. The summed E-state index contributed by atoms with van der Waals surface area (Å²) >= 11 is 0. The van der Waals surface area contributed by atoms with Crippen LogP contribution in [0.4, 0.5) is 4.39 Å². The average molecular weight is 897 g/mol. The number of carbonyl (C=O) groups is 2. The average Bonchev–Trinajstić information content (AvgIpc) is 3.33. The van der Waals surface area contributed by atoms with Crippen LogP contribution in [0.15, 0.2) is 115 Å². The molecule has 0 aromatic heterocycles. The topological polar surface area (TPSA) is 102 Å². The number of aliphatic hydroxyl groups is 2. The zero-order valence-electron chi connectivity index (χ0n) is 39.8. The van der Waals surface area contributed by atoms with Gasteiger partial charge in [0.1, 0.15) is 11.6 Å². The van der Waals surface area contributed by atoms with Gasteiger partial charge in [-0.2, -0.15) is 0 Å². The van der Waals surface area contributed by atoms with E-state index in [1.54, 1.807) is 19.9 Å². The van der Waals surface area contributed by atoms with Crippen molar-refractivity contribution in [2.24, 2.45) is 5.92 Å². The minimum Gasteiger partial charge on any atom is -0.493 e. The number of ether oxygens (including phenoxy) is 3. The smallest absolute Gasteiger partial charge is 0.333 e. The summed E-state index contributed by atoms with van der Waals surface area (Å²) in [7, 11) is 0. The summed E-state index contributed by atoms with van der Waals surface area (Å²) in [5.41, 5.74) is 13.6.